The molecule has 6 heteroatoms. The summed E-state index contributed by atoms with van der Waals surface area (Å²) in [7, 11) is 1.99. The predicted molar refractivity (Wildman–Crippen MR) is 88.7 cm³/mol. The number of rotatable bonds is 6. The number of fused-ring (bicyclic) bond motifs is 2. The van der Waals surface area contributed by atoms with Crippen molar-refractivity contribution in [1.82, 2.24) is 15.1 Å². The first-order chi connectivity index (χ1) is 11.5. The number of aromatic nitrogens is 2. The highest BCUT2D eigenvalue weighted by Crippen LogP contribution is 2.52. The van der Waals surface area contributed by atoms with Gasteiger partial charge in [-0.2, -0.15) is 5.10 Å². The van der Waals surface area contributed by atoms with Crippen LogP contribution in [0.25, 0.3) is 0 Å². The van der Waals surface area contributed by atoms with Crippen molar-refractivity contribution in [2.45, 2.75) is 63.0 Å². The Bertz CT molecular complexity index is 625. The van der Waals surface area contributed by atoms with Crippen molar-refractivity contribution in [1.29, 1.82) is 0 Å². The molecule has 4 rings (SSSR count). The third kappa shape index (κ3) is 2.65. The lowest BCUT2D eigenvalue weighted by atomic mass is 9.88. The van der Waals surface area contributed by atoms with Crippen molar-refractivity contribution >= 4 is 5.97 Å². The summed E-state index contributed by atoms with van der Waals surface area (Å²) in [6.45, 7) is 1.87. The molecule has 6 nitrogen and oxygen atoms in total. The average molecular weight is 333 g/mol. The number of nitrogens with zero attached hydrogens (tertiary/aromatic N) is 2. The minimum atomic E-state index is -0.697. The van der Waals surface area contributed by atoms with Crippen LogP contribution in [0.15, 0.2) is 6.20 Å². The molecule has 132 valence electrons. The Morgan fingerprint density at radius 3 is 2.88 bits per heavy atom. The van der Waals surface area contributed by atoms with Gasteiger partial charge in [-0.3, -0.25) is 9.48 Å². The monoisotopic (exact) mass is 333 g/mol. The smallest absolute Gasteiger partial charge is 0.312 e. The molecule has 2 aliphatic carbocycles. The summed E-state index contributed by atoms with van der Waals surface area (Å²) in [5.41, 5.74) is 1.61. The van der Waals surface area contributed by atoms with Gasteiger partial charge < -0.3 is 15.2 Å². The van der Waals surface area contributed by atoms with Crippen LogP contribution in [0.3, 0.4) is 0 Å². The molecule has 1 aliphatic heterocycles. The molecule has 2 N–H and O–H groups in total. The van der Waals surface area contributed by atoms with Gasteiger partial charge in [-0.05, 0) is 32.1 Å². The number of ether oxygens (including phenoxy) is 1. The van der Waals surface area contributed by atoms with Gasteiger partial charge in [0.2, 0.25) is 0 Å². The molecule has 0 aromatic carbocycles. The van der Waals surface area contributed by atoms with E-state index in [-0.39, 0.29) is 5.60 Å². The zero-order valence-electron chi connectivity index (χ0n) is 14.4. The van der Waals surface area contributed by atoms with E-state index in [0.717, 1.165) is 25.9 Å². The van der Waals surface area contributed by atoms with Crippen LogP contribution in [0.5, 0.6) is 0 Å². The van der Waals surface area contributed by atoms with E-state index >= 15 is 0 Å². The third-order valence-electron chi connectivity index (χ3n) is 6.27. The third-order valence-corrected chi connectivity index (χ3v) is 6.27. The molecule has 24 heavy (non-hydrogen) atoms. The van der Waals surface area contributed by atoms with Gasteiger partial charge in [0, 0.05) is 37.8 Å². The summed E-state index contributed by atoms with van der Waals surface area (Å²) in [6, 6.07) is 0. The molecule has 2 atom stereocenters. The van der Waals surface area contributed by atoms with Gasteiger partial charge in [-0.1, -0.05) is 12.8 Å². The molecule has 0 amide bonds. The second-order valence-corrected chi connectivity index (χ2v) is 8.03. The zero-order valence-corrected chi connectivity index (χ0v) is 14.4. The number of nitrogens with one attached hydrogen (secondary N) is 1. The predicted octanol–water partition coefficient (Wildman–Crippen LogP) is 2.19. The molecule has 3 aliphatic rings. The Morgan fingerprint density at radius 1 is 1.46 bits per heavy atom. The number of hydrogen-bond acceptors (Lipinski definition) is 4. The van der Waals surface area contributed by atoms with E-state index in [4.69, 9.17) is 9.84 Å². The zero-order chi connectivity index (χ0) is 16.8. The van der Waals surface area contributed by atoms with E-state index in [2.05, 4.69) is 11.5 Å². The molecule has 0 spiro atoms. The highest BCUT2D eigenvalue weighted by Gasteiger charge is 2.59. The number of hydrogen-bond donors (Lipinski definition) is 2. The minimum absolute atomic E-state index is 0.284. The molecule has 2 saturated carbocycles. The van der Waals surface area contributed by atoms with Crippen LogP contribution in [0.1, 0.15) is 62.1 Å². The van der Waals surface area contributed by atoms with Gasteiger partial charge in [0.1, 0.15) is 0 Å². The standard InChI is InChI=1S/C18H27N3O3/c1-21-9-14(15(20-21)13-4-2-3-5-13)8-19-11-18-7-6-17(10-18,12-24-18)16(22)23/h9,13,19H,2-8,10-12H2,1H3,(H,22,23). The second-order valence-electron chi connectivity index (χ2n) is 8.03. The van der Waals surface area contributed by atoms with Crippen LogP contribution in [0.2, 0.25) is 0 Å². The summed E-state index contributed by atoms with van der Waals surface area (Å²) in [6.07, 6.45) is 9.45. The van der Waals surface area contributed by atoms with E-state index in [1.807, 2.05) is 11.7 Å². The van der Waals surface area contributed by atoms with Gasteiger partial charge in [-0.25, -0.2) is 0 Å². The maximum absolute atomic E-state index is 11.5. The van der Waals surface area contributed by atoms with E-state index in [1.54, 1.807) is 0 Å². The van der Waals surface area contributed by atoms with Crippen LogP contribution in [0.4, 0.5) is 0 Å². The molecule has 2 bridgehead atoms. The first kappa shape index (κ1) is 16.1. The lowest BCUT2D eigenvalue weighted by Gasteiger charge is -2.27. The number of carboxylic acid groups (broad SMARTS) is 1. The lowest BCUT2D eigenvalue weighted by molar-refractivity contribution is -0.150. The van der Waals surface area contributed by atoms with E-state index in [9.17, 15) is 9.90 Å². The van der Waals surface area contributed by atoms with Crippen molar-refractivity contribution in [2.24, 2.45) is 12.5 Å². The summed E-state index contributed by atoms with van der Waals surface area (Å²) in [5, 5.41) is 17.7. The fraction of sp³-hybridized carbons (Fsp3) is 0.778. The summed E-state index contributed by atoms with van der Waals surface area (Å²) in [4.78, 5) is 11.5. The first-order valence-corrected chi connectivity index (χ1v) is 9.13. The van der Waals surface area contributed by atoms with Crippen LogP contribution < -0.4 is 5.32 Å². The second kappa shape index (κ2) is 5.85. The molecule has 0 radical (unpaired) electrons. The van der Waals surface area contributed by atoms with Gasteiger partial charge in [-0.15, -0.1) is 0 Å². The van der Waals surface area contributed by atoms with Gasteiger partial charge in [0.25, 0.3) is 0 Å². The fourth-order valence-electron chi connectivity index (χ4n) is 4.90. The molecular formula is C18H27N3O3. The Morgan fingerprint density at radius 2 is 2.25 bits per heavy atom. The van der Waals surface area contributed by atoms with Crippen molar-refractivity contribution < 1.29 is 14.6 Å². The number of carboxylic acids is 1. The Balaban J connectivity index is 1.38. The lowest BCUT2D eigenvalue weighted by Crippen LogP contribution is -2.39. The first-order valence-electron chi connectivity index (χ1n) is 9.13. The van der Waals surface area contributed by atoms with Crippen molar-refractivity contribution in [3.05, 3.63) is 17.5 Å². The van der Waals surface area contributed by atoms with Crippen LogP contribution >= 0.6 is 0 Å². The van der Waals surface area contributed by atoms with E-state index < -0.39 is 11.4 Å². The molecule has 2 heterocycles. The normalized spacial score (nSPS) is 32.7. The summed E-state index contributed by atoms with van der Waals surface area (Å²) in [5.74, 6) is -0.0901. The summed E-state index contributed by atoms with van der Waals surface area (Å²) >= 11 is 0. The SMILES string of the molecule is Cn1cc(CNCC23CCC(C(=O)O)(CO2)C3)c(C2CCCC2)n1. The van der Waals surface area contributed by atoms with Gasteiger partial charge >= 0.3 is 5.97 Å². The Kier molecular flexibility index (Phi) is 3.92. The van der Waals surface area contributed by atoms with E-state index in [1.165, 1.54) is 36.9 Å². The number of aliphatic carboxylic acids is 1. The van der Waals surface area contributed by atoms with Crippen molar-refractivity contribution in [3.63, 3.8) is 0 Å². The fourth-order valence-corrected chi connectivity index (χ4v) is 4.90. The number of aryl methyl sites for hydroxylation is 1. The molecular weight excluding hydrogens is 306 g/mol. The van der Waals surface area contributed by atoms with Gasteiger partial charge in [0.15, 0.2) is 0 Å². The van der Waals surface area contributed by atoms with Crippen molar-refractivity contribution in [3.8, 4) is 0 Å². The topological polar surface area (TPSA) is 76.4 Å². The average Bonchev–Trinajstić information content (AvgIpc) is 3.30. The van der Waals surface area contributed by atoms with E-state index in [0.29, 0.717) is 18.9 Å². The summed E-state index contributed by atoms with van der Waals surface area (Å²) < 4.78 is 7.83. The largest absolute Gasteiger partial charge is 0.481 e. The van der Waals surface area contributed by atoms with Crippen LogP contribution in [0, 0.1) is 5.41 Å². The molecule has 1 aromatic heterocycles. The Labute approximate surface area is 142 Å². The molecule has 2 unspecified atom stereocenters. The van der Waals surface area contributed by atoms with Crippen LogP contribution in [-0.4, -0.2) is 39.6 Å². The van der Waals surface area contributed by atoms with Crippen molar-refractivity contribution in [2.75, 3.05) is 13.2 Å². The highest BCUT2D eigenvalue weighted by molar-refractivity contribution is 5.76. The molecule has 1 aromatic rings. The molecule has 3 fully saturated rings. The number of carbonyl (C=O) groups is 1. The van der Waals surface area contributed by atoms with Gasteiger partial charge in [0.05, 0.1) is 23.3 Å². The Hall–Kier alpha value is -1.40. The van der Waals surface area contributed by atoms with Crippen LogP contribution in [-0.2, 0) is 23.1 Å². The maximum atomic E-state index is 11.5. The maximum Gasteiger partial charge on any atom is 0.312 e. The minimum Gasteiger partial charge on any atom is -0.481 e. The highest BCUT2D eigenvalue weighted by atomic mass is 16.5. The molecule has 1 saturated heterocycles. The quantitative estimate of drug-likeness (QED) is 0.834.